The zero-order chi connectivity index (χ0) is 11.5. The summed E-state index contributed by atoms with van der Waals surface area (Å²) in [6.45, 7) is 3.17. The largest absolute Gasteiger partial charge is 0.376 e. The van der Waals surface area contributed by atoms with Gasteiger partial charge in [0.15, 0.2) is 0 Å². The van der Waals surface area contributed by atoms with Crippen LogP contribution in [0.2, 0.25) is 4.34 Å². The number of hydrogen-bond donors (Lipinski definition) is 1. The van der Waals surface area contributed by atoms with Crippen LogP contribution < -0.4 is 5.32 Å². The summed E-state index contributed by atoms with van der Waals surface area (Å²) in [5.41, 5.74) is 0. The lowest BCUT2D eigenvalue weighted by Gasteiger charge is -2.25. The average molecular weight is 260 g/mol. The smallest absolute Gasteiger partial charge is 0.0931 e. The van der Waals surface area contributed by atoms with Gasteiger partial charge in [-0.15, -0.1) is 11.3 Å². The Labute approximate surface area is 106 Å². The molecule has 0 saturated carbocycles. The van der Waals surface area contributed by atoms with Crippen LogP contribution in [0.15, 0.2) is 12.1 Å². The van der Waals surface area contributed by atoms with Crippen LogP contribution in [-0.2, 0) is 11.2 Å². The lowest BCUT2D eigenvalue weighted by molar-refractivity contribution is 0.0636. The molecule has 1 aliphatic rings. The Morgan fingerprint density at radius 3 is 2.94 bits per heavy atom. The molecule has 0 spiro atoms. The van der Waals surface area contributed by atoms with Crippen LogP contribution >= 0.6 is 22.9 Å². The van der Waals surface area contributed by atoms with Crippen LogP contribution in [0.5, 0.6) is 0 Å². The second-order valence-corrected chi connectivity index (χ2v) is 6.21. The Balaban J connectivity index is 2.00. The van der Waals surface area contributed by atoms with Gasteiger partial charge in [-0.2, -0.15) is 0 Å². The molecule has 3 atom stereocenters. The third-order valence-electron chi connectivity index (χ3n) is 3.26. The molecular weight excluding hydrogens is 242 g/mol. The van der Waals surface area contributed by atoms with E-state index in [1.807, 2.05) is 13.1 Å². The van der Waals surface area contributed by atoms with Crippen molar-refractivity contribution in [1.29, 1.82) is 0 Å². The Hall–Kier alpha value is -0.0900. The number of ether oxygens (including phenoxy) is 1. The molecule has 0 aliphatic carbocycles. The van der Waals surface area contributed by atoms with E-state index in [-0.39, 0.29) is 0 Å². The molecule has 16 heavy (non-hydrogen) atoms. The van der Waals surface area contributed by atoms with Crippen molar-refractivity contribution in [3.05, 3.63) is 21.3 Å². The fourth-order valence-corrected chi connectivity index (χ4v) is 3.44. The first-order chi connectivity index (χ1) is 7.70. The summed E-state index contributed by atoms with van der Waals surface area (Å²) in [6, 6.07) is 4.47. The number of likely N-dealkylation sites (N-methyl/N-ethyl adjacent to an activating group) is 1. The van der Waals surface area contributed by atoms with E-state index in [1.165, 1.54) is 11.3 Å². The van der Waals surface area contributed by atoms with Gasteiger partial charge in [0, 0.05) is 17.5 Å². The van der Waals surface area contributed by atoms with E-state index in [9.17, 15) is 0 Å². The van der Waals surface area contributed by atoms with Gasteiger partial charge in [0.2, 0.25) is 0 Å². The minimum atomic E-state index is 0.339. The number of thiophene rings is 1. The van der Waals surface area contributed by atoms with Crippen molar-refractivity contribution < 1.29 is 4.74 Å². The molecule has 1 aliphatic heterocycles. The first-order valence-electron chi connectivity index (χ1n) is 5.74. The predicted molar refractivity (Wildman–Crippen MR) is 69.4 cm³/mol. The van der Waals surface area contributed by atoms with E-state index in [1.54, 1.807) is 11.3 Å². The summed E-state index contributed by atoms with van der Waals surface area (Å²) in [6.07, 6.45) is 2.52. The second-order valence-electron chi connectivity index (χ2n) is 4.41. The highest BCUT2D eigenvalue weighted by Gasteiger charge is 2.31. The summed E-state index contributed by atoms with van der Waals surface area (Å²) in [4.78, 5) is 1.33. The van der Waals surface area contributed by atoms with Crippen molar-refractivity contribution in [3.63, 3.8) is 0 Å². The van der Waals surface area contributed by atoms with Gasteiger partial charge in [-0.3, -0.25) is 0 Å². The summed E-state index contributed by atoms with van der Waals surface area (Å²) in [5.74, 6) is 0.646. The molecule has 0 aromatic carbocycles. The molecule has 0 bridgehead atoms. The zero-order valence-electron chi connectivity index (χ0n) is 9.70. The molecule has 4 heteroatoms. The Bertz CT molecular complexity index is 342. The Morgan fingerprint density at radius 1 is 1.62 bits per heavy atom. The Kier molecular flexibility index (Phi) is 4.25. The zero-order valence-corrected chi connectivity index (χ0v) is 11.3. The van der Waals surface area contributed by atoms with Gasteiger partial charge in [0.1, 0.15) is 0 Å². The quantitative estimate of drug-likeness (QED) is 0.898. The topological polar surface area (TPSA) is 21.3 Å². The first kappa shape index (κ1) is 12.4. The molecular formula is C12H18ClNOS. The van der Waals surface area contributed by atoms with Crippen LogP contribution in [0.4, 0.5) is 0 Å². The summed E-state index contributed by atoms with van der Waals surface area (Å²) < 4.78 is 6.67. The van der Waals surface area contributed by atoms with Gasteiger partial charge < -0.3 is 10.1 Å². The number of hydrogen-bond acceptors (Lipinski definition) is 3. The fourth-order valence-electron chi connectivity index (χ4n) is 2.29. The van der Waals surface area contributed by atoms with Crippen molar-refractivity contribution in [2.75, 3.05) is 13.7 Å². The molecule has 2 rings (SSSR count). The molecule has 90 valence electrons. The van der Waals surface area contributed by atoms with E-state index in [0.717, 1.165) is 17.4 Å². The molecule has 1 aromatic rings. The normalized spacial score (nSPS) is 27.2. The Morgan fingerprint density at radius 2 is 2.44 bits per heavy atom. The number of nitrogens with one attached hydrogen (secondary N) is 1. The minimum absolute atomic E-state index is 0.339. The number of rotatable bonds is 4. The third kappa shape index (κ3) is 2.77. The van der Waals surface area contributed by atoms with E-state index in [2.05, 4.69) is 18.3 Å². The maximum atomic E-state index is 5.94. The van der Waals surface area contributed by atoms with Gasteiger partial charge in [-0.05, 0) is 37.9 Å². The maximum Gasteiger partial charge on any atom is 0.0931 e. The van der Waals surface area contributed by atoms with Crippen LogP contribution in [0.25, 0.3) is 0 Å². The van der Waals surface area contributed by atoms with Crippen molar-refractivity contribution in [2.24, 2.45) is 5.92 Å². The lowest BCUT2D eigenvalue weighted by atomic mass is 9.95. The van der Waals surface area contributed by atoms with Gasteiger partial charge in [-0.1, -0.05) is 18.5 Å². The lowest BCUT2D eigenvalue weighted by Crippen LogP contribution is -2.41. The summed E-state index contributed by atoms with van der Waals surface area (Å²) in [7, 11) is 2.01. The van der Waals surface area contributed by atoms with E-state index < -0.39 is 0 Å². The molecule has 1 saturated heterocycles. The maximum absolute atomic E-state index is 5.94. The standard InChI is InChI=1S/C12H18ClNOS/c1-8-5-6-15-12(8)10(14-2)7-9-3-4-11(13)16-9/h3-4,8,10,12,14H,5-7H2,1-2H3. The van der Waals surface area contributed by atoms with Gasteiger partial charge >= 0.3 is 0 Å². The monoisotopic (exact) mass is 259 g/mol. The van der Waals surface area contributed by atoms with E-state index >= 15 is 0 Å². The average Bonchev–Trinajstić information content (AvgIpc) is 2.84. The van der Waals surface area contributed by atoms with Crippen LogP contribution in [0.3, 0.4) is 0 Å². The molecule has 2 heterocycles. The second kappa shape index (κ2) is 5.50. The molecule has 1 N–H and O–H groups in total. The summed E-state index contributed by atoms with van der Waals surface area (Å²) >= 11 is 7.60. The molecule has 1 aromatic heterocycles. The highest BCUT2D eigenvalue weighted by Crippen LogP contribution is 2.27. The molecule has 0 amide bonds. The van der Waals surface area contributed by atoms with Crippen molar-refractivity contribution >= 4 is 22.9 Å². The first-order valence-corrected chi connectivity index (χ1v) is 6.93. The van der Waals surface area contributed by atoms with E-state index in [4.69, 9.17) is 16.3 Å². The third-order valence-corrected chi connectivity index (χ3v) is 4.52. The van der Waals surface area contributed by atoms with Crippen molar-refractivity contribution in [3.8, 4) is 0 Å². The fraction of sp³-hybridized carbons (Fsp3) is 0.667. The van der Waals surface area contributed by atoms with Crippen LogP contribution in [0, 0.1) is 5.92 Å². The summed E-state index contributed by atoms with van der Waals surface area (Å²) in [5, 5.41) is 3.37. The minimum Gasteiger partial charge on any atom is -0.376 e. The van der Waals surface area contributed by atoms with Crippen LogP contribution in [0.1, 0.15) is 18.2 Å². The molecule has 2 nitrogen and oxygen atoms in total. The molecule has 0 radical (unpaired) electrons. The van der Waals surface area contributed by atoms with Gasteiger partial charge in [0.25, 0.3) is 0 Å². The van der Waals surface area contributed by atoms with E-state index in [0.29, 0.717) is 18.1 Å². The highest BCUT2D eigenvalue weighted by atomic mass is 35.5. The van der Waals surface area contributed by atoms with Crippen molar-refractivity contribution in [1.82, 2.24) is 5.32 Å². The predicted octanol–water partition coefficient (Wildman–Crippen LogP) is 2.96. The molecule has 3 unspecified atom stereocenters. The molecule has 1 fully saturated rings. The van der Waals surface area contributed by atoms with Gasteiger partial charge in [-0.25, -0.2) is 0 Å². The SMILES string of the molecule is CNC(Cc1ccc(Cl)s1)C1OCCC1C. The van der Waals surface area contributed by atoms with Gasteiger partial charge in [0.05, 0.1) is 10.4 Å². The van der Waals surface area contributed by atoms with Crippen molar-refractivity contribution in [2.45, 2.75) is 31.9 Å². The highest BCUT2D eigenvalue weighted by molar-refractivity contribution is 7.16. The van der Waals surface area contributed by atoms with Crippen LogP contribution in [-0.4, -0.2) is 25.8 Å². The number of halogens is 1.